The highest BCUT2D eigenvalue weighted by Gasteiger charge is 2.22. The number of rotatable bonds is 8. The molecule has 0 radical (unpaired) electrons. The van der Waals surface area contributed by atoms with Crippen molar-refractivity contribution in [2.75, 3.05) is 18.5 Å². The number of sulfonamides is 1. The molecule has 1 aliphatic heterocycles. The number of oxime groups is 1. The zero-order valence-electron chi connectivity index (χ0n) is 16.3. The van der Waals surface area contributed by atoms with Crippen molar-refractivity contribution in [1.82, 2.24) is 9.71 Å². The Kier molecular flexibility index (Phi) is 7.13. The predicted octanol–water partition coefficient (Wildman–Crippen LogP) is 2.12. The van der Waals surface area contributed by atoms with Crippen LogP contribution in [0.5, 0.6) is 0 Å². The molecule has 0 aliphatic carbocycles. The molecule has 1 aliphatic rings. The van der Waals surface area contributed by atoms with Gasteiger partial charge < -0.3 is 9.57 Å². The minimum atomic E-state index is -3.68. The van der Waals surface area contributed by atoms with Gasteiger partial charge in [-0.05, 0) is 26.0 Å². The molecular formula is C18H21FN4O5S2. The number of hydrogen-bond acceptors (Lipinski definition) is 8. The van der Waals surface area contributed by atoms with Gasteiger partial charge in [0.1, 0.15) is 0 Å². The SMILES string of the molecule is CC(C)NS(=O)(=O)c1ccc(C(=NO[C@@H]2CCOC2)C(=O)Nc2ncc(F)s2)cc1. The second-order valence-corrected chi connectivity index (χ2v) is 9.45. The first-order valence-corrected chi connectivity index (χ1v) is 11.4. The Morgan fingerprint density at radius 3 is 2.67 bits per heavy atom. The molecular weight excluding hydrogens is 435 g/mol. The number of amides is 1. The lowest BCUT2D eigenvalue weighted by atomic mass is 10.1. The fraction of sp³-hybridized carbons (Fsp3) is 0.389. The number of thiazole rings is 1. The monoisotopic (exact) mass is 456 g/mol. The van der Waals surface area contributed by atoms with Crippen LogP contribution in [-0.4, -0.2) is 50.4 Å². The molecule has 0 spiro atoms. The summed E-state index contributed by atoms with van der Waals surface area (Å²) >= 11 is 0.670. The van der Waals surface area contributed by atoms with Gasteiger partial charge in [-0.1, -0.05) is 28.6 Å². The van der Waals surface area contributed by atoms with Gasteiger partial charge in [0.2, 0.25) is 10.0 Å². The molecule has 0 bridgehead atoms. The van der Waals surface area contributed by atoms with Crippen LogP contribution in [0.15, 0.2) is 40.5 Å². The zero-order chi connectivity index (χ0) is 21.7. The van der Waals surface area contributed by atoms with Crippen LogP contribution in [0.2, 0.25) is 0 Å². The molecule has 1 fully saturated rings. The second-order valence-electron chi connectivity index (χ2n) is 6.75. The normalized spacial score (nSPS) is 17.3. The maximum atomic E-state index is 13.2. The minimum absolute atomic E-state index is 0.0480. The van der Waals surface area contributed by atoms with Crippen molar-refractivity contribution in [2.45, 2.75) is 37.3 Å². The van der Waals surface area contributed by atoms with Crippen molar-refractivity contribution < 1.29 is 27.2 Å². The third kappa shape index (κ3) is 5.81. The summed E-state index contributed by atoms with van der Waals surface area (Å²) in [6.07, 6.45) is 1.33. The van der Waals surface area contributed by atoms with Gasteiger partial charge in [-0.25, -0.2) is 18.1 Å². The molecule has 1 saturated heterocycles. The molecule has 9 nitrogen and oxygen atoms in total. The Balaban J connectivity index is 1.85. The number of nitrogens with one attached hydrogen (secondary N) is 2. The Morgan fingerprint density at radius 1 is 1.37 bits per heavy atom. The van der Waals surface area contributed by atoms with Crippen LogP contribution in [0, 0.1) is 5.13 Å². The maximum Gasteiger partial charge on any atom is 0.280 e. The van der Waals surface area contributed by atoms with E-state index in [2.05, 4.69) is 20.2 Å². The fourth-order valence-corrected chi connectivity index (χ4v) is 4.38. The first-order chi connectivity index (χ1) is 14.2. The number of carbonyl (C=O) groups excluding carboxylic acids is 1. The van der Waals surface area contributed by atoms with Gasteiger partial charge in [0.05, 0.1) is 24.3 Å². The van der Waals surface area contributed by atoms with E-state index in [9.17, 15) is 17.6 Å². The predicted molar refractivity (Wildman–Crippen MR) is 109 cm³/mol. The van der Waals surface area contributed by atoms with E-state index in [0.29, 0.717) is 36.5 Å². The van der Waals surface area contributed by atoms with Crippen LogP contribution in [0.25, 0.3) is 0 Å². The van der Waals surface area contributed by atoms with Crippen molar-refractivity contribution in [3.8, 4) is 0 Å². The van der Waals surface area contributed by atoms with E-state index in [1.807, 2.05) is 0 Å². The molecule has 30 heavy (non-hydrogen) atoms. The summed E-state index contributed by atoms with van der Waals surface area (Å²) in [4.78, 5) is 21.9. The molecule has 162 valence electrons. The van der Waals surface area contributed by atoms with Crippen LogP contribution in [-0.2, 0) is 24.4 Å². The standard InChI is InChI=1S/C18H21FN4O5S2/c1-11(2)23-30(25,26)14-5-3-12(4-6-14)16(22-28-13-7-8-27-10-13)17(24)21-18-20-9-15(19)29-18/h3-6,9,11,13,23H,7-8,10H2,1-2H3,(H,20,21,24)/t13-/m1/s1. The number of benzene rings is 1. The summed E-state index contributed by atoms with van der Waals surface area (Å²) < 4.78 is 45.5. The zero-order valence-corrected chi connectivity index (χ0v) is 17.9. The first kappa shape index (κ1) is 22.3. The van der Waals surface area contributed by atoms with Gasteiger partial charge in [0, 0.05) is 18.0 Å². The molecule has 1 aromatic carbocycles. The van der Waals surface area contributed by atoms with Crippen molar-refractivity contribution in [3.05, 3.63) is 41.2 Å². The minimum Gasteiger partial charge on any atom is -0.389 e. The molecule has 2 aromatic rings. The van der Waals surface area contributed by atoms with Gasteiger partial charge in [-0.3, -0.25) is 10.1 Å². The van der Waals surface area contributed by atoms with Crippen LogP contribution in [0.3, 0.4) is 0 Å². The largest absolute Gasteiger partial charge is 0.389 e. The van der Waals surface area contributed by atoms with Crippen LogP contribution >= 0.6 is 11.3 Å². The molecule has 12 heteroatoms. The van der Waals surface area contributed by atoms with Gasteiger partial charge in [-0.2, -0.15) is 4.39 Å². The molecule has 2 heterocycles. The van der Waals surface area contributed by atoms with E-state index in [4.69, 9.17) is 9.57 Å². The average molecular weight is 457 g/mol. The van der Waals surface area contributed by atoms with E-state index in [1.54, 1.807) is 13.8 Å². The molecule has 1 atom stereocenters. The van der Waals surface area contributed by atoms with E-state index >= 15 is 0 Å². The van der Waals surface area contributed by atoms with Gasteiger partial charge in [-0.15, -0.1) is 0 Å². The molecule has 0 saturated carbocycles. The van der Waals surface area contributed by atoms with Crippen LogP contribution < -0.4 is 10.0 Å². The maximum absolute atomic E-state index is 13.2. The fourth-order valence-electron chi connectivity index (χ4n) is 2.59. The number of nitrogens with zero attached hydrogens (tertiary/aromatic N) is 2. The summed E-state index contributed by atoms with van der Waals surface area (Å²) in [5.74, 6) is -0.667. The highest BCUT2D eigenvalue weighted by atomic mass is 32.2. The third-order valence-corrected chi connectivity index (χ3v) is 6.30. The number of carbonyl (C=O) groups is 1. The van der Waals surface area contributed by atoms with Crippen molar-refractivity contribution in [3.63, 3.8) is 0 Å². The smallest absolute Gasteiger partial charge is 0.280 e. The highest BCUT2D eigenvalue weighted by Crippen LogP contribution is 2.18. The van der Waals surface area contributed by atoms with E-state index in [0.717, 1.165) is 6.20 Å². The number of ether oxygens (including phenoxy) is 1. The first-order valence-electron chi connectivity index (χ1n) is 9.11. The Morgan fingerprint density at radius 2 is 2.10 bits per heavy atom. The van der Waals surface area contributed by atoms with Crippen LogP contribution in [0.1, 0.15) is 25.8 Å². The third-order valence-electron chi connectivity index (χ3n) is 3.92. The lowest BCUT2D eigenvalue weighted by molar-refractivity contribution is -0.110. The molecule has 0 unspecified atom stereocenters. The van der Waals surface area contributed by atoms with E-state index < -0.39 is 21.1 Å². The number of hydrogen-bond donors (Lipinski definition) is 2. The summed E-state index contributed by atoms with van der Waals surface area (Å²) in [5.41, 5.74) is 0.227. The van der Waals surface area contributed by atoms with E-state index in [-0.39, 0.29) is 27.9 Å². The van der Waals surface area contributed by atoms with Gasteiger partial charge in [0.25, 0.3) is 5.91 Å². The second kappa shape index (κ2) is 9.60. The van der Waals surface area contributed by atoms with Crippen LogP contribution in [0.4, 0.5) is 9.52 Å². The van der Waals surface area contributed by atoms with E-state index in [1.165, 1.54) is 24.3 Å². The van der Waals surface area contributed by atoms with Crippen molar-refractivity contribution >= 4 is 38.1 Å². The van der Waals surface area contributed by atoms with Crippen molar-refractivity contribution in [1.29, 1.82) is 0 Å². The lowest BCUT2D eigenvalue weighted by Gasteiger charge is -2.11. The number of anilines is 1. The molecule has 1 amide bonds. The Labute approximate surface area is 177 Å². The molecule has 1 aromatic heterocycles. The van der Waals surface area contributed by atoms with Gasteiger partial charge in [0.15, 0.2) is 22.1 Å². The highest BCUT2D eigenvalue weighted by molar-refractivity contribution is 7.89. The van der Waals surface area contributed by atoms with Gasteiger partial charge >= 0.3 is 0 Å². The molecule has 3 rings (SSSR count). The quantitative estimate of drug-likeness (QED) is 0.464. The van der Waals surface area contributed by atoms with Crippen molar-refractivity contribution in [2.24, 2.45) is 5.16 Å². The summed E-state index contributed by atoms with van der Waals surface area (Å²) in [6.45, 7) is 4.32. The Hall–Kier alpha value is -2.41. The average Bonchev–Trinajstić information content (AvgIpc) is 3.33. The Bertz CT molecular complexity index is 1020. The summed E-state index contributed by atoms with van der Waals surface area (Å²) in [7, 11) is -3.68. The summed E-state index contributed by atoms with van der Waals surface area (Å²) in [6, 6.07) is 5.36. The summed E-state index contributed by atoms with van der Waals surface area (Å²) in [5, 5.41) is 5.94. The lowest BCUT2D eigenvalue weighted by Crippen LogP contribution is -2.30. The topological polar surface area (TPSA) is 119 Å². The number of halogens is 1. The number of aromatic nitrogens is 1. The molecule has 2 N–H and O–H groups in total.